The zero-order chi connectivity index (χ0) is 44.2. The van der Waals surface area contributed by atoms with Gasteiger partial charge in [-0.25, -0.2) is 14.8 Å². The van der Waals surface area contributed by atoms with Crippen LogP contribution in [0.25, 0.3) is 43.9 Å². The molecule has 5 heterocycles. The molecule has 1 saturated heterocycles. The summed E-state index contributed by atoms with van der Waals surface area (Å²) >= 11 is 8.33. The first-order chi connectivity index (χ1) is 31.2. The van der Waals surface area contributed by atoms with Crippen LogP contribution in [0.2, 0.25) is 5.02 Å². The average molecular weight is 901 g/mol. The largest absolute Gasteiger partial charge is 0.496 e. The zero-order valence-corrected chi connectivity index (χ0v) is 37.5. The summed E-state index contributed by atoms with van der Waals surface area (Å²) in [5, 5.41) is 16.5. The molecule has 1 aliphatic heterocycles. The van der Waals surface area contributed by atoms with Crippen molar-refractivity contribution in [3.8, 4) is 56.9 Å². The van der Waals surface area contributed by atoms with Crippen LogP contribution in [-0.2, 0) is 24.4 Å². The number of halogens is 1. The predicted octanol–water partition coefficient (Wildman–Crippen LogP) is 8.34. The van der Waals surface area contributed by atoms with Crippen molar-refractivity contribution in [2.24, 2.45) is 5.92 Å². The van der Waals surface area contributed by atoms with Gasteiger partial charge in [0.05, 0.1) is 45.4 Å². The third-order valence-electron chi connectivity index (χ3n) is 11.8. The topological polar surface area (TPSA) is 150 Å². The van der Waals surface area contributed by atoms with Gasteiger partial charge in [-0.1, -0.05) is 48.0 Å². The van der Waals surface area contributed by atoms with Crippen molar-refractivity contribution >= 4 is 39.2 Å². The fourth-order valence-electron chi connectivity index (χ4n) is 7.94. The van der Waals surface area contributed by atoms with Gasteiger partial charge in [0.25, 0.3) is 0 Å². The first kappa shape index (κ1) is 43.1. The van der Waals surface area contributed by atoms with E-state index in [0.717, 1.165) is 71.8 Å². The molecule has 330 valence electrons. The van der Waals surface area contributed by atoms with E-state index < -0.39 is 12.1 Å². The van der Waals surface area contributed by atoms with Gasteiger partial charge >= 0.3 is 5.97 Å². The Morgan fingerprint density at radius 1 is 0.938 bits per heavy atom. The maximum absolute atomic E-state index is 13.1. The Kier molecular flexibility index (Phi) is 13.0. The van der Waals surface area contributed by atoms with Crippen LogP contribution in [-0.4, -0.2) is 110 Å². The molecule has 16 heteroatoms. The summed E-state index contributed by atoms with van der Waals surface area (Å²) < 4.78 is 32.0. The van der Waals surface area contributed by atoms with Crippen molar-refractivity contribution in [1.29, 1.82) is 0 Å². The molecular weight excluding hydrogens is 852 g/mol. The number of methoxy groups -OCH3 is 1. The number of piperazine rings is 1. The van der Waals surface area contributed by atoms with E-state index in [1.165, 1.54) is 24.4 Å². The summed E-state index contributed by atoms with van der Waals surface area (Å²) in [6.07, 6.45) is 8.34. The minimum absolute atomic E-state index is 0.00695. The van der Waals surface area contributed by atoms with Crippen molar-refractivity contribution < 1.29 is 28.8 Å². The standard InChI is InChI=1S/C48H49ClN8O6S/c1-30-35(14-15-39(44(30)49)61-23-22-56-20-18-55(2)19-21-56)42-43-41(26-51-45(42)33-25-52-57(28-33)27-31-12-13-31)64-54-47(43)63-40(48(58)59)24-32-8-4-6-10-37(32)62-29-34-16-17-50-46(53-34)36-9-5-7-11-38(36)60-3/h4-11,14-17,25-26,28,31,40H,12-13,18-24,27,29H2,1-3H3,(H,58,59). The van der Waals surface area contributed by atoms with E-state index in [1.54, 1.807) is 31.6 Å². The third kappa shape index (κ3) is 9.67. The number of para-hydroxylation sites is 2. The first-order valence-corrected chi connectivity index (χ1v) is 22.6. The number of aliphatic carboxylic acids is 1. The number of hydrogen-bond acceptors (Lipinski definition) is 13. The quantitative estimate of drug-likeness (QED) is 0.0880. The minimum Gasteiger partial charge on any atom is -0.496 e. The second-order valence-electron chi connectivity index (χ2n) is 16.3. The highest BCUT2D eigenvalue weighted by molar-refractivity contribution is 7.13. The number of ether oxygens (including phenoxy) is 4. The fourth-order valence-corrected chi connectivity index (χ4v) is 8.85. The van der Waals surface area contributed by atoms with Gasteiger partial charge in [-0.15, -0.1) is 0 Å². The molecule has 4 aromatic heterocycles. The van der Waals surface area contributed by atoms with Gasteiger partial charge in [0.2, 0.25) is 12.0 Å². The predicted molar refractivity (Wildman–Crippen MR) is 247 cm³/mol. The maximum atomic E-state index is 13.1. The monoisotopic (exact) mass is 900 g/mol. The van der Waals surface area contributed by atoms with Crippen molar-refractivity contribution in [3.05, 3.63) is 113 Å². The molecule has 1 unspecified atom stereocenters. The van der Waals surface area contributed by atoms with E-state index in [1.807, 2.05) is 78.6 Å². The average Bonchev–Trinajstić information content (AvgIpc) is 3.85. The molecule has 14 nitrogen and oxygen atoms in total. The molecule has 3 aromatic carbocycles. The molecule has 2 aliphatic rings. The number of benzene rings is 3. The van der Waals surface area contributed by atoms with Crippen molar-refractivity contribution in [2.45, 2.75) is 45.4 Å². The number of carboxylic acid groups (broad SMARTS) is 1. The van der Waals surface area contributed by atoms with Gasteiger partial charge in [0, 0.05) is 75.4 Å². The maximum Gasteiger partial charge on any atom is 0.345 e. The third-order valence-corrected chi connectivity index (χ3v) is 13.0. The second-order valence-corrected chi connectivity index (χ2v) is 17.4. The molecular formula is C48H49ClN8O6S. The smallest absolute Gasteiger partial charge is 0.345 e. The van der Waals surface area contributed by atoms with Gasteiger partial charge in [-0.05, 0) is 91.3 Å². The lowest BCUT2D eigenvalue weighted by Gasteiger charge is -2.32. The van der Waals surface area contributed by atoms with E-state index in [-0.39, 0.29) is 18.9 Å². The number of pyridine rings is 1. The van der Waals surface area contributed by atoms with Gasteiger partial charge in [0.1, 0.15) is 30.5 Å². The molecule has 1 atom stereocenters. The molecule has 0 amide bonds. The van der Waals surface area contributed by atoms with Crippen LogP contribution in [0.3, 0.4) is 0 Å². The van der Waals surface area contributed by atoms with Crippen molar-refractivity contribution in [3.63, 3.8) is 0 Å². The summed E-state index contributed by atoms with van der Waals surface area (Å²) in [6, 6.07) is 20.5. The summed E-state index contributed by atoms with van der Waals surface area (Å²) in [7, 11) is 3.75. The Morgan fingerprint density at radius 2 is 1.73 bits per heavy atom. The Balaban J connectivity index is 1.01. The summed E-state index contributed by atoms with van der Waals surface area (Å²) in [4.78, 5) is 32.0. The Morgan fingerprint density at radius 3 is 2.53 bits per heavy atom. The van der Waals surface area contributed by atoms with Crippen LogP contribution >= 0.6 is 23.1 Å². The molecule has 1 aliphatic carbocycles. The SMILES string of the molecule is COc1ccccc1-c1nccc(COc2ccccc2CC(Oc2nsc3cnc(-c4cnn(CC5CC5)c4)c(-c4ccc(OCCN5CCN(C)CC5)c(Cl)c4C)c23)C(=O)O)n1. The summed E-state index contributed by atoms with van der Waals surface area (Å²) in [5.41, 5.74) is 5.83. The normalized spacial score (nSPS) is 15.0. The minimum atomic E-state index is -1.32. The lowest BCUT2D eigenvalue weighted by molar-refractivity contribution is -0.145. The van der Waals surface area contributed by atoms with Crippen LogP contribution in [0, 0.1) is 12.8 Å². The highest BCUT2D eigenvalue weighted by Gasteiger charge is 2.29. The number of rotatable bonds is 18. The van der Waals surface area contributed by atoms with Crippen LogP contribution in [0.5, 0.6) is 23.1 Å². The van der Waals surface area contributed by atoms with E-state index in [0.29, 0.717) is 63.0 Å². The lowest BCUT2D eigenvalue weighted by atomic mass is 9.94. The van der Waals surface area contributed by atoms with Gasteiger partial charge in [-0.3, -0.25) is 14.6 Å². The Labute approximate surface area is 380 Å². The van der Waals surface area contributed by atoms with Crippen LogP contribution in [0.15, 0.2) is 91.5 Å². The lowest BCUT2D eigenvalue weighted by Crippen LogP contribution is -2.45. The molecule has 2 fully saturated rings. The molecule has 1 saturated carbocycles. The second kappa shape index (κ2) is 19.3. The van der Waals surface area contributed by atoms with Crippen LogP contribution < -0.4 is 18.9 Å². The number of fused-ring (bicyclic) bond motifs is 1. The highest BCUT2D eigenvalue weighted by Crippen LogP contribution is 2.46. The van der Waals surface area contributed by atoms with Crippen molar-refractivity contribution in [1.82, 2.24) is 38.9 Å². The Hall–Kier alpha value is -6.13. The van der Waals surface area contributed by atoms with Gasteiger partial charge in [0.15, 0.2) is 5.82 Å². The molecule has 64 heavy (non-hydrogen) atoms. The number of hydrogen-bond donors (Lipinski definition) is 1. The zero-order valence-electron chi connectivity index (χ0n) is 35.9. The molecule has 0 spiro atoms. The number of aromatic nitrogens is 6. The van der Waals surface area contributed by atoms with E-state index in [9.17, 15) is 9.90 Å². The van der Waals surface area contributed by atoms with Crippen molar-refractivity contribution in [2.75, 3.05) is 53.5 Å². The number of carboxylic acids is 1. The number of likely N-dealkylation sites (N-methyl/N-ethyl adjacent to an activating group) is 1. The molecule has 9 rings (SSSR count). The van der Waals surface area contributed by atoms with E-state index in [2.05, 4.69) is 21.8 Å². The highest BCUT2D eigenvalue weighted by atomic mass is 35.5. The van der Waals surface area contributed by atoms with Gasteiger partial charge in [-0.2, -0.15) is 9.47 Å². The molecule has 0 radical (unpaired) electrons. The van der Waals surface area contributed by atoms with Crippen LogP contribution in [0.1, 0.15) is 29.7 Å². The molecule has 1 N–H and O–H groups in total. The fraction of sp³-hybridized carbons (Fsp3) is 0.333. The number of carbonyl (C=O) groups is 1. The van der Waals surface area contributed by atoms with Crippen LogP contribution in [0.4, 0.5) is 0 Å². The van der Waals surface area contributed by atoms with E-state index >= 15 is 0 Å². The van der Waals surface area contributed by atoms with Gasteiger partial charge < -0.3 is 29.0 Å². The number of nitrogens with zero attached hydrogens (tertiary/aromatic N) is 8. The first-order valence-electron chi connectivity index (χ1n) is 21.4. The molecule has 0 bridgehead atoms. The Bertz CT molecular complexity index is 2770. The summed E-state index contributed by atoms with van der Waals surface area (Å²) in [5.74, 6) is 1.92. The van der Waals surface area contributed by atoms with E-state index in [4.69, 9.17) is 50.0 Å². The summed E-state index contributed by atoms with van der Waals surface area (Å²) in [6.45, 7) is 8.30. The molecule has 7 aromatic rings.